The highest BCUT2D eigenvalue weighted by atomic mass is 35.5. The van der Waals surface area contributed by atoms with Gasteiger partial charge in [-0.25, -0.2) is 4.98 Å². The third-order valence-electron chi connectivity index (χ3n) is 4.33. The molecule has 0 unspecified atom stereocenters. The first-order chi connectivity index (χ1) is 12.2. The van der Waals surface area contributed by atoms with Crippen LogP contribution in [0.15, 0.2) is 29.6 Å². The molecule has 1 amide bonds. The molecule has 1 fully saturated rings. The average molecular weight is 397 g/mol. The maximum absolute atomic E-state index is 11.9. The number of likely N-dealkylation sites (N-methyl/N-ethyl adjacent to an activating group) is 1. The molecular formula is C18H25ClN4O2S. The van der Waals surface area contributed by atoms with Gasteiger partial charge in [-0.3, -0.25) is 9.69 Å². The Labute approximate surface area is 164 Å². The molecule has 2 heterocycles. The van der Waals surface area contributed by atoms with Crippen molar-refractivity contribution in [2.75, 3.05) is 46.9 Å². The summed E-state index contributed by atoms with van der Waals surface area (Å²) in [6.45, 7) is 4.61. The summed E-state index contributed by atoms with van der Waals surface area (Å²) in [7, 11) is 3.47. The molecular weight excluding hydrogens is 372 g/mol. The van der Waals surface area contributed by atoms with Gasteiger partial charge in [0.25, 0.3) is 0 Å². The van der Waals surface area contributed by atoms with Gasteiger partial charge in [0, 0.05) is 43.7 Å². The van der Waals surface area contributed by atoms with Crippen LogP contribution in [0.4, 0.5) is 0 Å². The lowest BCUT2D eigenvalue weighted by Gasteiger charge is -2.34. The van der Waals surface area contributed by atoms with Crippen molar-refractivity contribution >= 4 is 29.7 Å². The summed E-state index contributed by atoms with van der Waals surface area (Å²) in [5.74, 6) is 1.03. The first-order valence-corrected chi connectivity index (χ1v) is 9.31. The van der Waals surface area contributed by atoms with Crippen LogP contribution in [0.2, 0.25) is 0 Å². The van der Waals surface area contributed by atoms with E-state index in [1.165, 1.54) is 0 Å². The highest BCUT2D eigenvalue weighted by molar-refractivity contribution is 7.13. The number of rotatable bonds is 6. The summed E-state index contributed by atoms with van der Waals surface area (Å²) in [4.78, 5) is 20.9. The van der Waals surface area contributed by atoms with E-state index in [-0.39, 0.29) is 18.3 Å². The normalized spacial score (nSPS) is 14.8. The zero-order valence-electron chi connectivity index (χ0n) is 15.1. The maximum atomic E-state index is 11.9. The molecule has 2 aromatic rings. The summed E-state index contributed by atoms with van der Waals surface area (Å²) >= 11 is 1.67. The zero-order chi connectivity index (χ0) is 17.6. The van der Waals surface area contributed by atoms with Gasteiger partial charge in [-0.1, -0.05) is 0 Å². The van der Waals surface area contributed by atoms with Crippen LogP contribution in [0.25, 0.3) is 10.6 Å². The number of aromatic nitrogens is 1. The van der Waals surface area contributed by atoms with Crippen molar-refractivity contribution in [2.45, 2.75) is 6.54 Å². The second-order valence-electron chi connectivity index (χ2n) is 6.06. The standard InChI is InChI=1S/C18H24N4O2S.ClH/c1-19-11-17(23)22-9-7-21(8-10-22)12-15-13-25-18(20-15)14-3-5-16(24-2)6-4-14;/h3-6,13,19H,7-12H2,1-2H3;1H. The van der Waals surface area contributed by atoms with Crippen LogP contribution in [-0.4, -0.2) is 67.6 Å². The van der Waals surface area contributed by atoms with Gasteiger partial charge in [0.2, 0.25) is 5.91 Å². The molecule has 0 aliphatic carbocycles. The lowest BCUT2D eigenvalue weighted by molar-refractivity contribution is -0.131. The molecule has 0 radical (unpaired) electrons. The van der Waals surface area contributed by atoms with Gasteiger partial charge >= 0.3 is 0 Å². The fourth-order valence-electron chi connectivity index (χ4n) is 2.89. The number of halogens is 1. The van der Waals surface area contributed by atoms with Gasteiger partial charge in [0.15, 0.2) is 0 Å². The van der Waals surface area contributed by atoms with Gasteiger partial charge < -0.3 is 15.0 Å². The van der Waals surface area contributed by atoms with Crippen molar-refractivity contribution in [3.63, 3.8) is 0 Å². The number of hydrogen-bond acceptors (Lipinski definition) is 6. The van der Waals surface area contributed by atoms with E-state index in [2.05, 4.69) is 15.6 Å². The minimum atomic E-state index is 0. The first kappa shape index (κ1) is 20.6. The molecule has 1 saturated heterocycles. The van der Waals surface area contributed by atoms with E-state index < -0.39 is 0 Å². The lowest BCUT2D eigenvalue weighted by atomic mass is 10.2. The molecule has 6 nitrogen and oxygen atoms in total. The molecule has 0 bridgehead atoms. The fraction of sp³-hybridized carbons (Fsp3) is 0.444. The van der Waals surface area contributed by atoms with Crippen molar-refractivity contribution in [3.05, 3.63) is 35.3 Å². The predicted octanol–water partition coefficient (Wildman–Crippen LogP) is 2.10. The predicted molar refractivity (Wildman–Crippen MR) is 107 cm³/mol. The number of carbonyl (C=O) groups excluding carboxylic acids is 1. The van der Waals surface area contributed by atoms with Crippen LogP contribution >= 0.6 is 23.7 Å². The second kappa shape index (κ2) is 9.87. The molecule has 0 atom stereocenters. The fourth-order valence-corrected chi connectivity index (χ4v) is 3.71. The number of benzene rings is 1. The summed E-state index contributed by atoms with van der Waals surface area (Å²) < 4.78 is 5.20. The number of ether oxygens (including phenoxy) is 1. The number of piperazine rings is 1. The average Bonchev–Trinajstić information content (AvgIpc) is 3.11. The number of hydrogen-bond donors (Lipinski definition) is 1. The number of methoxy groups -OCH3 is 1. The molecule has 1 aliphatic rings. The van der Waals surface area contributed by atoms with Crippen LogP contribution in [0.5, 0.6) is 5.75 Å². The quantitative estimate of drug-likeness (QED) is 0.810. The summed E-state index contributed by atoms with van der Waals surface area (Å²) in [6.07, 6.45) is 0. The first-order valence-electron chi connectivity index (χ1n) is 8.43. The Hall–Kier alpha value is -1.67. The summed E-state index contributed by atoms with van der Waals surface area (Å²) in [6, 6.07) is 7.98. The Kier molecular flexibility index (Phi) is 7.84. The molecule has 142 valence electrons. The van der Waals surface area contributed by atoms with E-state index in [0.717, 1.165) is 54.7 Å². The number of amides is 1. The molecule has 1 N–H and O–H groups in total. The van der Waals surface area contributed by atoms with Gasteiger partial charge in [-0.05, 0) is 31.3 Å². The van der Waals surface area contributed by atoms with Crippen molar-refractivity contribution < 1.29 is 9.53 Å². The Bertz CT molecular complexity index is 699. The van der Waals surface area contributed by atoms with Crippen molar-refractivity contribution in [1.29, 1.82) is 0 Å². The van der Waals surface area contributed by atoms with Crippen molar-refractivity contribution in [1.82, 2.24) is 20.1 Å². The Morgan fingerprint density at radius 2 is 1.92 bits per heavy atom. The molecule has 8 heteroatoms. The summed E-state index contributed by atoms with van der Waals surface area (Å²) in [5.41, 5.74) is 2.20. The van der Waals surface area contributed by atoms with Gasteiger partial charge in [-0.2, -0.15) is 0 Å². The summed E-state index contributed by atoms with van der Waals surface area (Å²) in [5, 5.41) is 6.07. The number of carbonyl (C=O) groups is 1. The Balaban J connectivity index is 0.00000243. The maximum Gasteiger partial charge on any atom is 0.236 e. The van der Waals surface area contributed by atoms with Gasteiger partial charge in [0.1, 0.15) is 10.8 Å². The minimum Gasteiger partial charge on any atom is -0.497 e. The van der Waals surface area contributed by atoms with E-state index in [1.807, 2.05) is 29.2 Å². The second-order valence-corrected chi connectivity index (χ2v) is 6.92. The SMILES string of the molecule is CNCC(=O)N1CCN(Cc2csc(-c3ccc(OC)cc3)n2)CC1.Cl. The molecule has 0 spiro atoms. The minimum absolute atomic E-state index is 0. The largest absolute Gasteiger partial charge is 0.497 e. The molecule has 1 aromatic heterocycles. The highest BCUT2D eigenvalue weighted by Crippen LogP contribution is 2.26. The zero-order valence-corrected chi connectivity index (χ0v) is 16.7. The van der Waals surface area contributed by atoms with Crippen LogP contribution < -0.4 is 10.1 Å². The van der Waals surface area contributed by atoms with Crippen LogP contribution in [0.3, 0.4) is 0 Å². The van der Waals surface area contributed by atoms with Crippen molar-refractivity contribution in [3.8, 4) is 16.3 Å². The van der Waals surface area contributed by atoms with E-state index >= 15 is 0 Å². The monoisotopic (exact) mass is 396 g/mol. The molecule has 26 heavy (non-hydrogen) atoms. The number of nitrogens with one attached hydrogen (secondary N) is 1. The molecule has 1 aliphatic heterocycles. The third-order valence-corrected chi connectivity index (χ3v) is 5.27. The van der Waals surface area contributed by atoms with Crippen LogP contribution in [0, 0.1) is 0 Å². The lowest BCUT2D eigenvalue weighted by Crippen LogP contribution is -2.50. The van der Waals surface area contributed by atoms with Gasteiger partial charge in [0.05, 0.1) is 19.3 Å². The number of thiazole rings is 1. The molecule has 3 rings (SSSR count). The Morgan fingerprint density at radius 1 is 1.23 bits per heavy atom. The van der Waals surface area contributed by atoms with E-state index in [4.69, 9.17) is 9.72 Å². The van der Waals surface area contributed by atoms with Crippen LogP contribution in [-0.2, 0) is 11.3 Å². The smallest absolute Gasteiger partial charge is 0.236 e. The number of nitrogens with zero attached hydrogens (tertiary/aromatic N) is 3. The third kappa shape index (κ3) is 5.17. The van der Waals surface area contributed by atoms with E-state index in [1.54, 1.807) is 25.5 Å². The topological polar surface area (TPSA) is 57.7 Å². The highest BCUT2D eigenvalue weighted by Gasteiger charge is 2.21. The van der Waals surface area contributed by atoms with E-state index in [9.17, 15) is 4.79 Å². The molecule has 0 saturated carbocycles. The Morgan fingerprint density at radius 3 is 2.54 bits per heavy atom. The van der Waals surface area contributed by atoms with E-state index in [0.29, 0.717) is 6.54 Å². The van der Waals surface area contributed by atoms with Crippen molar-refractivity contribution in [2.24, 2.45) is 0 Å². The van der Waals surface area contributed by atoms with Gasteiger partial charge in [-0.15, -0.1) is 23.7 Å². The molecule has 1 aromatic carbocycles. The van der Waals surface area contributed by atoms with Crippen LogP contribution in [0.1, 0.15) is 5.69 Å².